The van der Waals surface area contributed by atoms with Gasteiger partial charge in [-0.3, -0.25) is 4.79 Å². The van der Waals surface area contributed by atoms with Crippen molar-refractivity contribution in [3.05, 3.63) is 0 Å². The van der Waals surface area contributed by atoms with Crippen molar-refractivity contribution in [1.29, 1.82) is 0 Å². The largest absolute Gasteiger partial charge is 0.383 e. The fourth-order valence-electron chi connectivity index (χ4n) is 1.93. The van der Waals surface area contributed by atoms with Crippen molar-refractivity contribution in [3.8, 4) is 0 Å². The Hall–Kier alpha value is -0.570. The number of ether oxygens (including phenoxy) is 1. The van der Waals surface area contributed by atoms with Gasteiger partial charge in [-0.05, 0) is 11.8 Å². The minimum Gasteiger partial charge on any atom is -0.383 e. The minimum atomic E-state index is 0.298. The Balaban J connectivity index is 2.39. The molecule has 1 saturated heterocycles. The van der Waals surface area contributed by atoms with Crippen LogP contribution in [0.25, 0.3) is 0 Å². The lowest BCUT2D eigenvalue weighted by molar-refractivity contribution is -0.128. The van der Waals surface area contributed by atoms with Crippen molar-refractivity contribution in [2.45, 2.75) is 26.7 Å². The van der Waals surface area contributed by atoms with Crippen molar-refractivity contribution in [2.75, 3.05) is 26.8 Å². The standard InChI is InChI=1S/C11H21NO2/c1-4-9(2)10-7-11(13)12(8-10)5-6-14-3/h9-10H,4-8H2,1-3H3. The average Bonchev–Trinajstić information content (AvgIpc) is 2.56. The summed E-state index contributed by atoms with van der Waals surface area (Å²) in [4.78, 5) is 13.5. The van der Waals surface area contributed by atoms with E-state index in [1.54, 1.807) is 7.11 Å². The second kappa shape index (κ2) is 5.35. The normalized spacial score (nSPS) is 24.4. The van der Waals surface area contributed by atoms with E-state index in [1.807, 2.05) is 4.90 Å². The molecule has 0 aliphatic carbocycles. The fraction of sp³-hybridized carbons (Fsp3) is 0.909. The Kier molecular flexibility index (Phi) is 4.39. The smallest absolute Gasteiger partial charge is 0.223 e. The van der Waals surface area contributed by atoms with E-state index in [-0.39, 0.29) is 0 Å². The molecule has 0 spiro atoms. The van der Waals surface area contributed by atoms with Gasteiger partial charge in [0.15, 0.2) is 0 Å². The van der Waals surface area contributed by atoms with E-state index in [0.29, 0.717) is 24.3 Å². The Morgan fingerprint density at radius 3 is 2.93 bits per heavy atom. The van der Waals surface area contributed by atoms with Gasteiger partial charge in [0.05, 0.1) is 6.61 Å². The third-order valence-electron chi connectivity index (χ3n) is 3.26. The number of hydrogen-bond donors (Lipinski definition) is 0. The molecule has 0 aromatic heterocycles. The molecule has 3 nitrogen and oxygen atoms in total. The first-order chi connectivity index (χ1) is 6.69. The maximum absolute atomic E-state index is 11.6. The lowest BCUT2D eigenvalue weighted by Gasteiger charge is -2.18. The zero-order chi connectivity index (χ0) is 10.6. The van der Waals surface area contributed by atoms with Gasteiger partial charge >= 0.3 is 0 Å². The van der Waals surface area contributed by atoms with Crippen LogP contribution in [0, 0.1) is 11.8 Å². The molecule has 1 aliphatic heterocycles. The molecule has 0 aromatic rings. The van der Waals surface area contributed by atoms with Gasteiger partial charge in [-0.25, -0.2) is 0 Å². The molecule has 1 rings (SSSR count). The first-order valence-corrected chi connectivity index (χ1v) is 5.45. The van der Waals surface area contributed by atoms with Crippen molar-refractivity contribution in [3.63, 3.8) is 0 Å². The van der Waals surface area contributed by atoms with Gasteiger partial charge in [0.25, 0.3) is 0 Å². The average molecular weight is 199 g/mol. The predicted octanol–water partition coefficient (Wildman–Crippen LogP) is 1.53. The number of amides is 1. The van der Waals surface area contributed by atoms with Crippen LogP contribution in [0.4, 0.5) is 0 Å². The minimum absolute atomic E-state index is 0.298. The van der Waals surface area contributed by atoms with Gasteiger partial charge in [0.1, 0.15) is 0 Å². The number of carbonyl (C=O) groups excluding carboxylic acids is 1. The molecule has 2 atom stereocenters. The van der Waals surface area contributed by atoms with Crippen LogP contribution in [0.1, 0.15) is 26.7 Å². The lowest BCUT2D eigenvalue weighted by Crippen LogP contribution is -2.29. The van der Waals surface area contributed by atoms with Crippen molar-refractivity contribution < 1.29 is 9.53 Å². The molecule has 1 fully saturated rings. The molecule has 82 valence electrons. The molecular formula is C11H21NO2. The molecule has 0 N–H and O–H groups in total. The Morgan fingerprint density at radius 1 is 1.64 bits per heavy atom. The summed E-state index contributed by atoms with van der Waals surface area (Å²) in [7, 11) is 1.67. The summed E-state index contributed by atoms with van der Waals surface area (Å²) in [5, 5.41) is 0. The number of nitrogens with zero attached hydrogens (tertiary/aromatic N) is 1. The molecule has 2 unspecified atom stereocenters. The van der Waals surface area contributed by atoms with E-state index < -0.39 is 0 Å². The van der Waals surface area contributed by atoms with Crippen LogP contribution in [0.5, 0.6) is 0 Å². The lowest BCUT2D eigenvalue weighted by atomic mass is 9.91. The molecule has 0 radical (unpaired) electrons. The summed E-state index contributed by atoms with van der Waals surface area (Å²) in [5.74, 6) is 1.52. The molecule has 0 saturated carbocycles. The van der Waals surface area contributed by atoms with Crippen LogP contribution < -0.4 is 0 Å². The van der Waals surface area contributed by atoms with Gasteiger partial charge < -0.3 is 9.64 Å². The topological polar surface area (TPSA) is 29.5 Å². The molecule has 0 aromatic carbocycles. The molecule has 0 bridgehead atoms. The number of hydrogen-bond acceptors (Lipinski definition) is 2. The van der Waals surface area contributed by atoms with Crippen LogP contribution in [0.3, 0.4) is 0 Å². The summed E-state index contributed by atoms with van der Waals surface area (Å²) in [6.45, 7) is 6.75. The van der Waals surface area contributed by atoms with E-state index >= 15 is 0 Å². The van der Waals surface area contributed by atoms with Crippen molar-refractivity contribution in [1.82, 2.24) is 4.90 Å². The number of methoxy groups -OCH3 is 1. The van der Waals surface area contributed by atoms with Gasteiger partial charge in [0.2, 0.25) is 5.91 Å². The van der Waals surface area contributed by atoms with E-state index in [2.05, 4.69) is 13.8 Å². The van der Waals surface area contributed by atoms with Gasteiger partial charge in [0, 0.05) is 26.6 Å². The third-order valence-corrected chi connectivity index (χ3v) is 3.26. The SMILES string of the molecule is CCC(C)C1CC(=O)N(CCOC)C1. The quantitative estimate of drug-likeness (QED) is 0.672. The van der Waals surface area contributed by atoms with Crippen LogP contribution in [-0.4, -0.2) is 37.6 Å². The summed E-state index contributed by atoms with van der Waals surface area (Å²) < 4.78 is 4.98. The van der Waals surface area contributed by atoms with Gasteiger partial charge in [-0.15, -0.1) is 0 Å². The van der Waals surface area contributed by atoms with Gasteiger partial charge in [-0.2, -0.15) is 0 Å². The number of carbonyl (C=O) groups is 1. The van der Waals surface area contributed by atoms with Gasteiger partial charge in [-0.1, -0.05) is 20.3 Å². The number of rotatable bonds is 5. The highest BCUT2D eigenvalue weighted by atomic mass is 16.5. The number of likely N-dealkylation sites (tertiary alicyclic amines) is 1. The van der Waals surface area contributed by atoms with Crippen LogP contribution >= 0.6 is 0 Å². The summed E-state index contributed by atoms with van der Waals surface area (Å²) >= 11 is 0. The summed E-state index contributed by atoms with van der Waals surface area (Å²) in [5.41, 5.74) is 0. The van der Waals surface area contributed by atoms with Crippen molar-refractivity contribution in [2.24, 2.45) is 11.8 Å². The van der Waals surface area contributed by atoms with Crippen LogP contribution in [0.15, 0.2) is 0 Å². The van der Waals surface area contributed by atoms with E-state index in [9.17, 15) is 4.79 Å². The zero-order valence-electron chi connectivity index (χ0n) is 9.45. The van der Waals surface area contributed by atoms with Crippen LogP contribution in [0.2, 0.25) is 0 Å². The Labute approximate surface area is 86.4 Å². The molecule has 3 heteroatoms. The summed E-state index contributed by atoms with van der Waals surface area (Å²) in [6, 6.07) is 0. The highest BCUT2D eigenvalue weighted by Crippen LogP contribution is 2.26. The Morgan fingerprint density at radius 2 is 2.36 bits per heavy atom. The zero-order valence-corrected chi connectivity index (χ0v) is 9.45. The monoisotopic (exact) mass is 199 g/mol. The first kappa shape index (κ1) is 11.5. The highest BCUT2D eigenvalue weighted by molar-refractivity contribution is 5.78. The Bertz CT molecular complexity index is 194. The van der Waals surface area contributed by atoms with E-state index in [0.717, 1.165) is 25.9 Å². The molecule has 1 heterocycles. The van der Waals surface area contributed by atoms with Crippen molar-refractivity contribution >= 4 is 5.91 Å². The second-order valence-corrected chi connectivity index (χ2v) is 4.18. The molecular weight excluding hydrogens is 178 g/mol. The second-order valence-electron chi connectivity index (χ2n) is 4.18. The summed E-state index contributed by atoms with van der Waals surface area (Å²) in [6.07, 6.45) is 1.90. The molecule has 1 aliphatic rings. The first-order valence-electron chi connectivity index (χ1n) is 5.45. The van der Waals surface area contributed by atoms with E-state index in [1.165, 1.54) is 0 Å². The highest BCUT2D eigenvalue weighted by Gasteiger charge is 2.31. The molecule has 1 amide bonds. The predicted molar refractivity (Wildman–Crippen MR) is 56.0 cm³/mol. The maximum atomic E-state index is 11.6. The van der Waals surface area contributed by atoms with Crippen LogP contribution in [-0.2, 0) is 9.53 Å². The third kappa shape index (κ3) is 2.71. The molecule has 14 heavy (non-hydrogen) atoms. The van der Waals surface area contributed by atoms with E-state index in [4.69, 9.17) is 4.74 Å². The fourth-order valence-corrected chi connectivity index (χ4v) is 1.93. The maximum Gasteiger partial charge on any atom is 0.223 e.